The summed E-state index contributed by atoms with van der Waals surface area (Å²) in [6.45, 7) is 5.30. The average molecular weight is 570 g/mol. The Morgan fingerprint density at radius 2 is 1.97 bits per heavy atom. The Morgan fingerprint density at radius 1 is 1.15 bits per heavy atom. The van der Waals surface area contributed by atoms with Crippen LogP contribution in [-0.4, -0.2) is 57.7 Å². The topological polar surface area (TPSA) is 95.1 Å². The second kappa shape index (κ2) is 12.6. The number of rotatable bonds is 12. The molecule has 0 spiro atoms. The summed E-state index contributed by atoms with van der Waals surface area (Å²) in [6, 6.07) is 10.6. The Morgan fingerprint density at radius 3 is 2.74 bits per heavy atom. The zero-order valence-electron chi connectivity index (χ0n) is 21.8. The molecule has 0 radical (unpaired) electrons. The van der Waals surface area contributed by atoms with Crippen LogP contribution in [0, 0.1) is 11.7 Å². The summed E-state index contributed by atoms with van der Waals surface area (Å²) in [5.41, 5.74) is 1.76. The van der Waals surface area contributed by atoms with E-state index >= 15 is 0 Å². The number of aromatic nitrogens is 3. The third-order valence-electron chi connectivity index (χ3n) is 7.19. The quantitative estimate of drug-likeness (QED) is 0.213. The first-order chi connectivity index (χ1) is 18.9. The van der Waals surface area contributed by atoms with Crippen LogP contribution in [0.3, 0.4) is 0 Å². The van der Waals surface area contributed by atoms with Gasteiger partial charge in [0, 0.05) is 59.6 Å². The molecule has 2 aliphatic rings. The molecule has 2 saturated carbocycles. The van der Waals surface area contributed by atoms with Gasteiger partial charge < -0.3 is 16.0 Å². The van der Waals surface area contributed by atoms with E-state index in [0.717, 1.165) is 38.9 Å². The highest BCUT2D eigenvalue weighted by Crippen LogP contribution is 2.34. The lowest BCUT2D eigenvalue weighted by Gasteiger charge is -2.42. The van der Waals surface area contributed by atoms with Crippen LogP contribution in [0.25, 0.3) is 11.3 Å². The smallest absolute Gasteiger partial charge is 0.228 e. The van der Waals surface area contributed by atoms with Crippen molar-refractivity contribution in [3.8, 4) is 11.3 Å². The number of hydrogen-bond donors (Lipinski definition) is 4. The number of amides is 1. The van der Waals surface area contributed by atoms with Crippen molar-refractivity contribution in [1.82, 2.24) is 25.4 Å². The van der Waals surface area contributed by atoms with Gasteiger partial charge in [-0.25, -0.2) is 9.37 Å². The molecule has 0 atom stereocenters. The standard InChI is InChI=1S/C28H33ClFN7OS/c1-2-10-37(11-9-31-19-4-5-19)21-12-17(13-21)27(38)34-26-15-20(7-8-32-26)33-25-16-24(35-36-28(25)39)22-14-18(29)3-6-23(22)30/h3,6-8,14-17,19,21,31H,2,4-5,9-13H2,1H3,(H,36,39)(H2,32,33,34,35,38). The van der Waals surface area contributed by atoms with E-state index in [-0.39, 0.29) is 17.4 Å². The fourth-order valence-electron chi connectivity index (χ4n) is 4.83. The van der Waals surface area contributed by atoms with E-state index < -0.39 is 5.82 Å². The Bertz CT molecular complexity index is 1320. The molecule has 0 saturated heterocycles. The Kier molecular flexibility index (Phi) is 8.96. The molecular formula is C28H33ClFN7OS. The van der Waals surface area contributed by atoms with Crippen LogP contribution in [0.1, 0.15) is 39.0 Å². The maximum Gasteiger partial charge on any atom is 0.228 e. The lowest BCUT2D eigenvalue weighted by molar-refractivity contribution is -0.124. The number of nitrogens with zero attached hydrogens (tertiary/aromatic N) is 4. The fourth-order valence-corrected chi connectivity index (χ4v) is 5.16. The normalized spacial score (nSPS) is 18.6. The summed E-state index contributed by atoms with van der Waals surface area (Å²) in [5, 5.41) is 18.6. The number of hydrogen-bond acceptors (Lipinski definition) is 8. The van der Waals surface area contributed by atoms with E-state index in [1.54, 1.807) is 24.4 Å². The molecule has 0 aliphatic heterocycles. The molecule has 2 aromatic heterocycles. The van der Waals surface area contributed by atoms with Crippen molar-refractivity contribution in [1.29, 1.82) is 0 Å². The number of pyridine rings is 1. The zero-order chi connectivity index (χ0) is 27.4. The lowest BCUT2D eigenvalue weighted by atomic mass is 9.78. The number of thiol groups is 1. The molecule has 5 rings (SSSR count). The molecule has 0 bridgehead atoms. The van der Waals surface area contributed by atoms with E-state index in [4.69, 9.17) is 11.6 Å². The van der Waals surface area contributed by atoms with Crippen molar-refractivity contribution < 1.29 is 9.18 Å². The van der Waals surface area contributed by atoms with E-state index in [9.17, 15) is 9.18 Å². The van der Waals surface area contributed by atoms with Gasteiger partial charge in [-0.2, -0.15) is 0 Å². The molecule has 1 amide bonds. The maximum absolute atomic E-state index is 14.4. The molecule has 39 heavy (non-hydrogen) atoms. The van der Waals surface area contributed by atoms with Gasteiger partial charge in [-0.3, -0.25) is 9.69 Å². The summed E-state index contributed by atoms with van der Waals surface area (Å²) in [5.74, 6) is -0.0295. The molecular weight excluding hydrogens is 537 g/mol. The van der Waals surface area contributed by atoms with Gasteiger partial charge in [0.25, 0.3) is 0 Å². The third kappa shape index (κ3) is 7.25. The van der Waals surface area contributed by atoms with Crippen LogP contribution in [0.2, 0.25) is 5.02 Å². The Labute approximate surface area is 238 Å². The summed E-state index contributed by atoms with van der Waals surface area (Å²) in [7, 11) is 0. The minimum Gasteiger partial charge on any atom is -0.353 e. The van der Waals surface area contributed by atoms with Gasteiger partial charge in [0.15, 0.2) is 0 Å². The number of anilines is 3. The first kappa shape index (κ1) is 27.8. The zero-order valence-corrected chi connectivity index (χ0v) is 23.5. The van der Waals surface area contributed by atoms with Crippen molar-refractivity contribution in [3.63, 3.8) is 0 Å². The minimum absolute atomic E-state index is 0.0115. The van der Waals surface area contributed by atoms with Crippen molar-refractivity contribution in [2.75, 3.05) is 30.3 Å². The number of benzene rings is 1. The average Bonchev–Trinajstić information content (AvgIpc) is 3.71. The largest absolute Gasteiger partial charge is 0.353 e. The molecule has 206 valence electrons. The van der Waals surface area contributed by atoms with Gasteiger partial charge in [-0.1, -0.05) is 18.5 Å². The van der Waals surface area contributed by atoms with E-state index in [1.165, 1.54) is 31.0 Å². The fraction of sp³-hybridized carbons (Fsp3) is 0.429. The SMILES string of the molecule is CCCN(CCNC1CC1)C1CC(C(=O)Nc2cc(Nc3cc(-c4cc(Cl)ccc4F)nnc3S)ccn2)C1. The number of halogens is 2. The minimum atomic E-state index is -0.452. The van der Waals surface area contributed by atoms with E-state index in [1.807, 2.05) is 0 Å². The summed E-state index contributed by atoms with van der Waals surface area (Å²) < 4.78 is 14.4. The molecule has 3 N–H and O–H groups in total. The Balaban J connectivity index is 1.18. The molecule has 2 aliphatic carbocycles. The molecule has 11 heteroatoms. The van der Waals surface area contributed by atoms with Gasteiger partial charge in [-0.05, 0) is 69.0 Å². The predicted octanol–water partition coefficient (Wildman–Crippen LogP) is 5.54. The van der Waals surface area contributed by atoms with Crippen LogP contribution in [-0.2, 0) is 4.79 Å². The van der Waals surface area contributed by atoms with Crippen molar-refractivity contribution in [3.05, 3.63) is 53.4 Å². The lowest BCUT2D eigenvalue weighted by Crippen LogP contribution is -2.50. The van der Waals surface area contributed by atoms with Gasteiger partial charge in [0.05, 0.1) is 11.4 Å². The van der Waals surface area contributed by atoms with Gasteiger partial charge in [-0.15, -0.1) is 22.8 Å². The van der Waals surface area contributed by atoms with Crippen LogP contribution < -0.4 is 16.0 Å². The molecule has 2 fully saturated rings. The monoisotopic (exact) mass is 569 g/mol. The first-order valence-corrected chi connectivity index (χ1v) is 14.3. The summed E-state index contributed by atoms with van der Waals surface area (Å²) >= 11 is 10.4. The highest BCUT2D eigenvalue weighted by Gasteiger charge is 2.37. The van der Waals surface area contributed by atoms with E-state index in [0.29, 0.717) is 45.0 Å². The van der Waals surface area contributed by atoms with E-state index in [2.05, 4.69) is 55.6 Å². The Hall–Kier alpha value is -2.79. The van der Waals surface area contributed by atoms with Gasteiger partial charge >= 0.3 is 0 Å². The summed E-state index contributed by atoms with van der Waals surface area (Å²) in [6.07, 6.45) is 7.04. The second-order valence-electron chi connectivity index (χ2n) is 10.2. The van der Waals surface area contributed by atoms with Crippen LogP contribution in [0.4, 0.5) is 21.6 Å². The van der Waals surface area contributed by atoms with Crippen molar-refractivity contribution in [2.45, 2.75) is 56.1 Å². The molecule has 3 aromatic rings. The molecule has 8 nitrogen and oxygen atoms in total. The summed E-state index contributed by atoms with van der Waals surface area (Å²) in [4.78, 5) is 19.8. The molecule has 1 aromatic carbocycles. The number of nitrogens with one attached hydrogen (secondary N) is 3. The van der Waals surface area contributed by atoms with Gasteiger partial charge in [0.1, 0.15) is 16.7 Å². The highest BCUT2D eigenvalue weighted by molar-refractivity contribution is 7.80. The van der Waals surface area contributed by atoms with Crippen molar-refractivity contribution >= 4 is 47.3 Å². The maximum atomic E-state index is 14.4. The number of carbonyl (C=O) groups is 1. The number of carbonyl (C=O) groups excluding carboxylic acids is 1. The molecule has 0 unspecified atom stereocenters. The predicted molar refractivity (Wildman–Crippen MR) is 155 cm³/mol. The first-order valence-electron chi connectivity index (χ1n) is 13.4. The third-order valence-corrected chi connectivity index (χ3v) is 7.76. The highest BCUT2D eigenvalue weighted by atomic mass is 35.5. The second-order valence-corrected chi connectivity index (χ2v) is 11.1. The van der Waals surface area contributed by atoms with Crippen molar-refractivity contribution in [2.24, 2.45) is 5.92 Å². The van der Waals surface area contributed by atoms with Gasteiger partial charge in [0.2, 0.25) is 5.91 Å². The molecule has 2 heterocycles. The van der Waals surface area contributed by atoms with Crippen LogP contribution in [0.15, 0.2) is 47.6 Å². The van der Waals surface area contributed by atoms with Crippen LogP contribution >= 0.6 is 24.2 Å². The van der Waals surface area contributed by atoms with Crippen LogP contribution in [0.5, 0.6) is 0 Å².